The van der Waals surface area contributed by atoms with E-state index in [0.29, 0.717) is 0 Å². The van der Waals surface area contributed by atoms with Crippen molar-refractivity contribution in [2.75, 3.05) is 0 Å². The van der Waals surface area contributed by atoms with Crippen molar-refractivity contribution in [3.8, 4) is 11.4 Å². The molecule has 1 aromatic carbocycles. The van der Waals surface area contributed by atoms with E-state index in [1.54, 1.807) is 0 Å². The molecule has 3 heterocycles. The molecule has 4 aromatic rings. The van der Waals surface area contributed by atoms with Gasteiger partial charge in [-0.25, -0.2) is 0 Å². The summed E-state index contributed by atoms with van der Waals surface area (Å²) in [5.41, 5.74) is -0.987. The Bertz CT molecular complexity index is 1280. The Morgan fingerprint density at radius 3 is 2.24 bits per heavy atom. The van der Waals surface area contributed by atoms with Crippen molar-refractivity contribution < 1.29 is 31.1 Å². The van der Waals surface area contributed by atoms with Crippen LogP contribution in [0.2, 0.25) is 0 Å². The lowest BCUT2D eigenvalue weighted by atomic mass is 10.3. The summed E-state index contributed by atoms with van der Waals surface area (Å²) in [6, 6.07) is 5.64. The molecule has 0 radical (unpaired) electrons. The number of benzene rings is 1. The molecule has 0 saturated heterocycles. The van der Waals surface area contributed by atoms with Gasteiger partial charge in [0.2, 0.25) is 0 Å². The van der Waals surface area contributed by atoms with E-state index >= 15 is 0 Å². The number of alkyl halides is 6. The zero-order valence-corrected chi connectivity index (χ0v) is 13.7. The lowest BCUT2D eigenvalue weighted by molar-refractivity contribution is -0.274. The van der Waals surface area contributed by atoms with Crippen LogP contribution in [0.5, 0.6) is 5.75 Å². The maximum atomic E-state index is 12.8. The zero-order chi connectivity index (χ0) is 21.0. The summed E-state index contributed by atoms with van der Waals surface area (Å²) in [6.45, 7) is 0. The lowest BCUT2D eigenvalue weighted by Gasteiger charge is -2.10. The minimum atomic E-state index is -4.87. The third-order valence-corrected chi connectivity index (χ3v) is 3.71. The summed E-state index contributed by atoms with van der Waals surface area (Å²) in [5.74, 6) is -2.38. The number of pyridine rings is 1. The molecule has 0 saturated carbocycles. The van der Waals surface area contributed by atoms with Gasteiger partial charge < -0.3 is 4.74 Å². The molecule has 0 aliphatic rings. The first-order valence-corrected chi connectivity index (χ1v) is 7.61. The third kappa shape index (κ3) is 3.43. The zero-order valence-electron chi connectivity index (χ0n) is 13.7. The number of fused-ring (bicyclic) bond motifs is 3. The number of nitrogens with zero attached hydrogens (tertiary/aromatic N) is 6. The molecule has 14 heteroatoms. The maximum absolute atomic E-state index is 12.8. The summed E-state index contributed by atoms with van der Waals surface area (Å²) < 4.78 is 80.6. The lowest BCUT2D eigenvalue weighted by Crippen LogP contribution is -2.20. The average Bonchev–Trinajstić information content (AvgIpc) is 3.07. The van der Waals surface area contributed by atoms with Crippen molar-refractivity contribution >= 4 is 16.8 Å². The van der Waals surface area contributed by atoms with E-state index in [4.69, 9.17) is 0 Å². The van der Waals surface area contributed by atoms with Crippen molar-refractivity contribution in [3.63, 3.8) is 0 Å². The summed E-state index contributed by atoms with van der Waals surface area (Å²) >= 11 is 0. The fraction of sp³-hybridized carbons (Fsp3) is 0.133. The van der Waals surface area contributed by atoms with Crippen LogP contribution in [0.3, 0.4) is 0 Å². The van der Waals surface area contributed by atoms with Gasteiger partial charge in [0.1, 0.15) is 11.3 Å². The molecule has 0 spiro atoms. The monoisotopic (exact) mass is 416 g/mol. The maximum Gasteiger partial charge on any atom is 0.573 e. The topological polar surface area (TPSA) is 87.2 Å². The van der Waals surface area contributed by atoms with Crippen LogP contribution < -0.4 is 10.3 Å². The molecule has 4 rings (SSSR count). The van der Waals surface area contributed by atoms with Crippen LogP contribution in [0, 0.1) is 0 Å². The van der Waals surface area contributed by atoms with Crippen LogP contribution in [0.1, 0.15) is 5.82 Å². The number of rotatable bonds is 2. The minimum Gasteiger partial charge on any atom is -0.406 e. The molecule has 0 N–H and O–H groups in total. The Hall–Kier alpha value is -3.71. The standard InChI is InChI=1S/C15H6F6N6O2/c16-14(17,18)12-22-13-24-23-10-9(27(13)25-12)5-6-26(11(10)28)7-1-3-8(4-2-7)29-15(19,20)21/h1-6H. The van der Waals surface area contributed by atoms with Crippen molar-refractivity contribution in [1.82, 2.24) is 29.4 Å². The molecule has 0 bridgehead atoms. The van der Waals surface area contributed by atoms with Crippen LogP contribution in [0.25, 0.3) is 22.5 Å². The third-order valence-electron chi connectivity index (χ3n) is 3.71. The quantitative estimate of drug-likeness (QED) is 0.467. The molecule has 0 unspecified atom stereocenters. The van der Waals surface area contributed by atoms with Crippen LogP contribution in [0.4, 0.5) is 26.3 Å². The van der Waals surface area contributed by atoms with Crippen molar-refractivity contribution in [3.05, 3.63) is 52.7 Å². The van der Waals surface area contributed by atoms with Gasteiger partial charge in [0.25, 0.3) is 17.2 Å². The minimum absolute atomic E-state index is 0.0729. The van der Waals surface area contributed by atoms with Gasteiger partial charge in [0, 0.05) is 11.9 Å². The van der Waals surface area contributed by atoms with Gasteiger partial charge in [-0.15, -0.1) is 28.5 Å². The molecular weight excluding hydrogens is 410 g/mol. The highest BCUT2D eigenvalue weighted by molar-refractivity contribution is 5.74. The molecule has 150 valence electrons. The number of halogens is 6. The Labute approximate surface area is 155 Å². The van der Waals surface area contributed by atoms with Crippen LogP contribution >= 0.6 is 0 Å². The number of hydrogen-bond donors (Lipinski definition) is 0. The number of aromatic nitrogens is 6. The van der Waals surface area contributed by atoms with Gasteiger partial charge in [-0.1, -0.05) is 0 Å². The SMILES string of the molecule is O=c1c2nnc3nc(C(F)(F)F)nn3c2ccn1-c1ccc(OC(F)(F)F)cc1. The van der Waals surface area contributed by atoms with Crippen LogP contribution in [-0.4, -0.2) is 35.7 Å². The number of ether oxygens (including phenoxy) is 1. The average molecular weight is 416 g/mol. The summed E-state index contributed by atoms with van der Waals surface area (Å²) in [6.07, 6.45) is -8.47. The molecule has 8 nitrogen and oxygen atoms in total. The second-order valence-electron chi connectivity index (χ2n) is 5.61. The van der Waals surface area contributed by atoms with Crippen LogP contribution in [0.15, 0.2) is 41.3 Å². The summed E-state index contributed by atoms with van der Waals surface area (Å²) in [4.78, 5) is 15.9. The molecule has 29 heavy (non-hydrogen) atoms. The van der Waals surface area contributed by atoms with Crippen LogP contribution in [-0.2, 0) is 6.18 Å². The highest BCUT2D eigenvalue weighted by Gasteiger charge is 2.37. The van der Waals surface area contributed by atoms with Gasteiger partial charge in [0.05, 0.1) is 0 Å². The Morgan fingerprint density at radius 2 is 1.62 bits per heavy atom. The Morgan fingerprint density at radius 1 is 0.931 bits per heavy atom. The van der Waals surface area contributed by atoms with Crippen molar-refractivity contribution in [2.45, 2.75) is 12.5 Å². The second kappa shape index (κ2) is 6.15. The normalized spacial score (nSPS) is 12.6. The van der Waals surface area contributed by atoms with E-state index < -0.39 is 35.4 Å². The predicted molar refractivity (Wildman–Crippen MR) is 83.4 cm³/mol. The molecule has 0 fully saturated rings. The first-order valence-electron chi connectivity index (χ1n) is 7.61. The molecule has 0 amide bonds. The largest absolute Gasteiger partial charge is 0.573 e. The molecule has 0 aliphatic heterocycles. The smallest absolute Gasteiger partial charge is 0.406 e. The van der Waals surface area contributed by atoms with E-state index in [9.17, 15) is 31.1 Å². The second-order valence-corrected chi connectivity index (χ2v) is 5.61. The highest BCUT2D eigenvalue weighted by atomic mass is 19.4. The molecule has 0 atom stereocenters. The summed E-state index contributed by atoms with van der Waals surface area (Å²) in [5, 5.41) is 10.4. The van der Waals surface area contributed by atoms with Gasteiger partial charge in [0.15, 0.2) is 5.52 Å². The van der Waals surface area contributed by atoms with Gasteiger partial charge in [-0.2, -0.15) is 22.7 Å². The molecule has 3 aromatic heterocycles. The van der Waals surface area contributed by atoms with Crippen molar-refractivity contribution in [2.24, 2.45) is 0 Å². The molecule has 0 aliphatic carbocycles. The first-order chi connectivity index (χ1) is 13.5. The number of hydrogen-bond acceptors (Lipinski definition) is 6. The molecular formula is C15H6F6N6O2. The summed E-state index contributed by atoms with van der Waals surface area (Å²) in [7, 11) is 0. The fourth-order valence-corrected chi connectivity index (χ4v) is 2.54. The Kier molecular flexibility index (Phi) is 3.95. The highest BCUT2D eigenvalue weighted by Crippen LogP contribution is 2.27. The Balaban J connectivity index is 1.80. The van der Waals surface area contributed by atoms with E-state index in [1.165, 1.54) is 24.4 Å². The predicted octanol–water partition coefficient (Wildman–Crippen LogP) is 2.74. The van der Waals surface area contributed by atoms with E-state index in [0.717, 1.165) is 21.2 Å². The van der Waals surface area contributed by atoms with Gasteiger partial charge in [-0.3, -0.25) is 9.36 Å². The van der Waals surface area contributed by atoms with Gasteiger partial charge >= 0.3 is 12.5 Å². The first kappa shape index (κ1) is 18.6. The van der Waals surface area contributed by atoms with Crippen molar-refractivity contribution in [1.29, 1.82) is 0 Å². The van der Waals surface area contributed by atoms with E-state index in [-0.39, 0.29) is 16.7 Å². The van der Waals surface area contributed by atoms with E-state index in [1.807, 2.05) is 0 Å². The van der Waals surface area contributed by atoms with Gasteiger partial charge in [-0.05, 0) is 30.3 Å². The van der Waals surface area contributed by atoms with E-state index in [2.05, 4.69) is 25.0 Å². The fourth-order valence-electron chi connectivity index (χ4n) is 2.54.